The number of methoxy groups -OCH3 is 2. The van der Waals surface area contributed by atoms with Crippen LogP contribution in [0.4, 0.5) is 0 Å². The van der Waals surface area contributed by atoms with Crippen molar-refractivity contribution in [3.05, 3.63) is 51.8 Å². The van der Waals surface area contributed by atoms with E-state index in [0.717, 1.165) is 34.2 Å². The summed E-state index contributed by atoms with van der Waals surface area (Å²) in [4.78, 5) is 26.1. The third-order valence-corrected chi connectivity index (χ3v) is 4.34. The first kappa shape index (κ1) is 26.8. The fourth-order valence-electron chi connectivity index (χ4n) is 3.15. The second kappa shape index (κ2) is 13.3. The first-order valence-electron chi connectivity index (χ1n) is 10.8. The van der Waals surface area contributed by atoms with Crippen molar-refractivity contribution in [1.82, 2.24) is 9.55 Å². The number of hydrogen-bond donors (Lipinski definition) is 1. The number of aromatic hydroxyl groups is 1. The van der Waals surface area contributed by atoms with Crippen LogP contribution in [0, 0.1) is 0 Å². The molecule has 0 spiro atoms. The van der Waals surface area contributed by atoms with E-state index in [1.54, 1.807) is 17.7 Å². The lowest BCUT2D eigenvalue weighted by molar-refractivity contribution is -0.106. The van der Waals surface area contributed by atoms with E-state index in [2.05, 4.69) is 18.8 Å². The molecule has 0 saturated heterocycles. The molecule has 32 heavy (non-hydrogen) atoms. The molecule has 174 valence electrons. The van der Waals surface area contributed by atoms with Crippen LogP contribution < -0.4 is 10.3 Å². The summed E-state index contributed by atoms with van der Waals surface area (Å²) in [5.74, 6) is 0.703. The predicted molar refractivity (Wildman–Crippen MR) is 129 cm³/mol. The number of nitrogens with zero attached hydrogens (tertiary/aromatic N) is 2. The second-order valence-corrected chi connectivity index (χ2v) is 6.72. The van der Waals surface area contributed by atoms with Crippen molar-refractivity contribution in [2.75, 3.05) is 14.2 Å². The molecule has 0 fully saturated rings. The van der Waals surface area contributed by atoms with Gasteiger partial charge in [-0.1, -0.05) is 34.1 Å². The standard InChI is InChI=1S/C18H16N2O4.C3H8.C2H4O.C2H6/c1-23-9-13-16(21)7-15-17-11(8-20(15)18(13)22)5-10-6-12(24-2)3-4-14(10)19-17;1-3-2;1-2-3;1-2/h3-7,21H,8-9H2,1-2H3;3H2,1-2H3;2H,1H3;1-2H3. The maximum Gasteiger partial charge on any atom is 0.260 e. The zero-order valence-corrected chi connectivity index (χ0v) is 20.1. The zero-order chi connectivity index (χ0) is 24.3. The average molecular weight is 443 g/mol. The van der Waals surface area contributed by atoms with Crippen LogP contribution in [0.25, 0.3) is 22.3 Å². The van der Waals surface area contributed by atoms with Gasteiger partial charge in [-0.3, -0.25) is 4.79 Å². The quantitative estimate of drug-likeness (QED) is 0.452. The minimum Gasteiger partial charge on any atom is -0.507 e. The monoisotopic (exact) mass is 442 g/mol. The van der Waals surface area contributed by atoms with E-state index in [-0.39, 0.29) is 23.5 Å². The Labute approximate surface area is 189 Å². The molecular weight excluding hydrogens is 408 g/mol. The highest BCUT2D eigenvalue weighted by atomic mass is 16.5. The van der Waals surface area contributed by atoms with Gasteiger partial charge in [0, 0.05) is 24.1 Å². The van der Waals surface area contributed by atoms with Crippen molar-refractivity contribution in [2.24, 2.45) is 0 Å². The molecule has 1 aliphatic heterocycles. The number of carbonyl (C=O) groups is 1. The van der Waals surface area contributed by atoms with E-state index in [1.807, 2.05) is 38.1 Å². The first-order valence-corrected chi connectivity index (χ1v) is 10.8. The number of aromatic nitrogens is 2. The van der Waals surface area contributed by atoms with Crippen molar-refractivity contribution < 1.29 is 19.4 Å². The molecule has 0 amide bonds. The van der Waals surface area contributed by atoms with Gasteiger partial charge < -0.3 is 23.9 Å². The van der Waals surface area contributed by atoms with Gasteiger partial charge in [0.2, 0.25) is 0 Å². The Morgan fingerprint density at radius 1 is 1.16 bits per heavy atom. The summed E-state index contributed by atoms with van der Waals surface area (Å²) in [6.45, 7) is 10.2. The normalized spacial score (nSPS) is 10.3. The van der Waals surface area contributed by atoms with Crippen LogP contribution in [0.15, 0.2) is 35.1 Å². The third kappa shape index (κ3) is 5.95. The van der Waals surface area contributed by atoms with Gasteiger partial charge >= 0.3 is 0 Å². The number of ether oxygens (including phenoxy) is 2. The maximum atomic E-state index is 12.6. The Kier molecular flexibility index (Phi) is 11.1. The summed E-state index contributed by atoms with van der Waals surface area (Å²) in [7, 11) is 3.12. The van der Waals surface area contributed by atoms with Crippen molar-refractivity contribution in [3.63, 3.8) is 0 Å². The van der Waals surface area contributed by atoms with E-state index in [9.17, 15) is 9.90 Å². The summed E-state index contributed by atoms with van der Waals surface area (Å²) in [5, 5.41) is 11.1. The molecule has 7 heteroatoms. The highest BCUT2D eigenvalue weighted by Crippen LogP contribution is 2.34. The molecule has 1 aromatic carbocycles. The van der Waals surface area contributed by atoms with E-state index in [0.29, 0.717) is 12.2 Å². The largest absolute Gasteiger partial charge is 0.507 e. The Bertz CT molecular complexity index is 1090. The van der Waals surface area contributed by atoms with Gasteiger partial charge in [0.1, 0.15) is 17.8 Å². The van der Waals surface area contributed by atoms with E-state index >= 15 is 0 Å². The van der Waals surface area contributed by atoms with Crippen LogP contribution in [0.1, 0.15) is 52.2 Å². The molecule has 7 nitrogen and oxygen atoms in total. The molecule has 3 aromatic rings. The molecule has 3 heterocycles. The zero-order valence-electron chi connectivity index (χ0n) is 20.1. The molecule has 4 rings (SSSR count). The van der Waals surface area contributed by atoms with Crippen molar-refractivity contribution >= 4 is 17.2 Å². The number of carbonyl (C=O) groups excluding carboxylic acids is 1. The summed E-state index contributed by atoms with van der Waals surface area (Å²) >= 11 is 0. The fourth-order valence-corrected chi connectivity index (χ4v) is 3.15. The minimum absolute atomic E-state index is 0.0578. The van der Waals surface area contributed by atoms with Gasteiger partial charge in [0.25, 0.3) is 5.56 Å². The number of aldehydes is 1. The van der Waals surface area contributed by atoms with E-state index in [4.69, 9.17) is 14.3 Å². The van der Waals surface area contributed by atoms with Crippen LogP contribution in [0.3, 0.4) is 0 Å². The summed E-state index contributed by atoms with van der Waals surface area (Å²) in [6.07, 6.45) is 2.00. The fraction of sp³-hybridized carbons (Fsp3) is 0.400. The van der Waals surface area contributed by atoms with Crippen LogP contribution in [-0.4, -0.2) is 35.2 Å². The predicted octanol–water partition coefficient (Wildman–Crippen LogP) is 4.93. The number of pyridine rings is 2. The van der Waals surface area contributed by atoms with Crippen molar-refractivity contribution in [2.45, 2.75) is 54.2 Å². The van der Waals surface area contributed by atoms with Crippen molar-refractivity contribution in [3.8, 4) is 22.9 Å². The third-order valence-electron chi connectivity index (χ3n) is 4.34. The molecule has 1 aliphatic rings. The van der Waals surface area contributed by atoms with Gasteiger partial charge in [-0.15, -0.1) is 0 Å². The number of fused-ring (bicyclic) bond motifs is 4. The van der Waals surface area contributed by atoms with Gasteiger partial charge in [-0.25, -0.2) is 4.98 Å². The Morgan fingerprint density at radius 2 is 1.78 bits per heavy atom. The number of rotatable bonds is 3. The number of benzene rings is 1. The molecule has 1 N–H and O–H groups in total. The lowest BCUT2D eigenvalue weighted by Crippen LogP contribution is -2.23. The average Bonchev–Trinajstić information content (AvgIpc) is 3.14. The van der Waals surface area contributed by atoms with Crippen LogP contribution in [0.2, 0.25) is 0 Å². The van der Waals surface area contributed by atoms with Crippen LogP contribution >= 0.6 is 0 Å². The molecule has 0 aliphatic carbocycles. The van der Waals surface area contributed by atoms with Crippen molar-refractivity contribution in [1.29, 1.82) is 0 Å². The Morgan fingerprint density at radius 3 is 2.34 bits per heavy atom. The smallest absolute Gasteiger partial charge is 0.260 e. The molecule has 0 unspecified atom stereocenters. The van der Waals surface area contributed by atoms with Gasteiger partial charge in [-0.05, 0) is 31.2 Å². The molecule has 0 bridgehead atoms. The summed E-state index contributed by atoms with van der Waals surface area (Å²) in [5.41, 5.74) is 3.14. The Hall–Kier alpha value is -3.19. The molecule has 2 aromatic heterocycles. The second-order valence-electron chi connectivity index (χ2n) is 6.72. The SMILES string of the molecule is CC.CC=O.CCC.COCc1c(O)cc2n(c1=O)Cc1cc3cc(OC)ccc3nc1-2. The lowest BCUT2D eigenvalue weighted by Gasteiger charge is -2.08. The van der Waals surface area contributed by atoms with Crippen LogP contribution in [0.5, 0.6) is 11.5 Å². The summed E-state index contributed by atoms with van der Waals surface area (Å²) in [6, 6.07) is 9.25. The van der Waals surface area contributed by atoms with Crippen LogP contribution in [-0.2, 0) is 22.7 Å². The molecule has 0 saturated carbocycles. The van der Waals surface area contributed by atoms with Gasteiger partial charge in [0.15, 0.2) is 0 Å². The van der Waals surface area contributed by atoms with E-state index < -0.39 is 0 Å². The van der Waals surface area contributed by atoms with E-state index in [1.165, 1.54) is 20.5 Å². The molecular formula is C25H34N2O5. The number of hydrogen-bond acceptors (Lipinski definition) is 6. The van der Waals surface area contributed by atoms with Gasteiger partial charge in [0.05, 0.1) is 42.7 Å². The molecule has 0 radical (unpaired) electrons. The first-order chi connectivity index (χ1) is 15.4. The topological polar surface area (TPSA) is 90.7 Å². The molecule has 0 atom stereocenters. The maximum absolute atomic E-state index is 12.6. The highest BCUT2D eigenvalue weighted by Gasteiger charge is 2.25. The Balaban J connectivity index is 0.000000567. The summed E-state index contributed by atoms with van der Waals surface area (Å²) < 4.78 is 11.9. The highest BCUT2D eigenvalue weighted by molar-refractivity contribution is 5.85. The van der Waals surface area contributed by atoms with Gasteiger partial charge in [-0.2, -0.15) is 0 Å². The minimum atomic E-state index is -0.244. The lowest BCUT2D eigenvalue weighted by atomic mass is 10.1.